The Labute approximate surface area is 150 Å². The van der Waals surface area contributed by atoms with E-state index >= 15 is 0 Å². The van der Waals surface area contributed by atoms with Gasteiger partial charge in [0.05, 0.1) is 22.3 Å². The van der Waals surface area contributed by atoms with Crippen LogP contribution in [0, 0.1) is 0 Å². The summed E-state index contributed by atoms with van der Waals surface area (Å²) in [5.41, 5.74) is -0.798. The van der Waals surface area contributed by atoms with Crippen LogP contribution in [0.1, 0.15) is 5.56 Å². The minimum absolute atomic E-state index is 0.00212. The Kier molecular flexibility index (Phi) is 4.86. The number of sulfonamides is 1. The van der Waals surface area contributed by atoms with E-state index in [1.54, 1.807) is 11.4 Å². The van der Waals surface area contributed by atoms with Gasteiger partial charge in [-0.1, -0.05) is 6.07 Å². The number of halogens is 3. The Bertz CT molecular complexity index is 1100. The van der Waals surface area contributed by atoms with Crippen LogP contribution in [0.25, 0.3) is 10.2 Å². The largest absolute Gasteiger partial charge is 0.416 e. The molecule has 6 nitrogen and oxygen atoms in total. The summed E-state index contributed by atoms with van der Waals surface area (Å²) in [6, 6.07) is 5.15. The van der Waals surface area contributed by atoms with Crippen LogP contribution in [0.5, 0.6) is 0 Å². The van der Waals surface area contributed by atoms with Crippen LogP contribution in [0.4, 0.5) is 13.2 Å². The van der Waals surface area contributed by atoms with Crippen molar-refractivity contribution in [3.05, 3.63) is 58.0 Å². The summed E-state index contributed by atoms with van der Waals surface area (Å²) in [6.07, 6.45) is -3.34. The van der Waals surface area contributed by atoms with E-state index in [2.05, 4.69) is 9.71 Å². The molecule has 2 aromatic heterocycles. The molecule has 138 valence electrons. The lowest BCUT2D eigenvalue weighted by Crippen LogP contribution is -2.31. The molecule has 0 atom stereocenters. The average Bonchev–Trinajstić information content (AvgIpc) is 3.06. The molecular weight excluding hydrogens is 391 g/mol. The molecule has 2 heterocycles. The Morgan fingerprint density at radius 2 is 2.00 bits per heavy atom. The highest BCUT2D eigenvalue weighted by atomic mass is 32.2. The van der Waals surface area contributed by atoms with E-state index in [1.807, 2.05) is 0 Å². The van der Waals surface area contributed by atoms with Crippen molar-refractivity contribution in [2.45, 2.75) is 17.6 Å². The Balaban J connectivity index is 1.74. The number of aromatic nitrogens is 2. The van der Waals surface area contributed by atoms with Crippen molar-refractivity contribution in [3.8, 4) is 0 Å². The van der Waals surface area contributed by atoms with Gasteiger partial charge in [0.15, 0.2) is 0 Å². The predicted molar refractivity (Wildman–Crippen MR) is 90.5 cm³/mol. The minimum atomic E-state index is -4.64. The zero-order valence-corrected chi connectivity index (χ0v) is 14.7. The third-order valence-electron chi connectivity index (χ3n) is 3.55. The molecular formula is C15H12F3N3O3S2. The van der Waals surface area contributed by atoms with Crippen molar-refractivity contribution in [2.75, 3.05) is 6.54 Å². The van der Waals surface area contributed by atoms with E-state index in [9.17, 15) is 26.4 Å². The average molecular weight is 403 g/mol. The molecule has 0 aliphatic heterocycles. The second kappa shape index (κ2) is 6.82. The Morgan fingerprint density at radius 3 is 2.73 bits per heavy atom. The van der Waals surface area contributed by atoms with Gasteiger partial charge in [-0.25, -0.2) is 18.1 Å². The highest BCUT2D eigenvalue weighted by Crippen LogP contribution is 2.30. The molecule has 1 aromatic carbocycles. The lowest BCUT2D eigenvalue weighted by Gasteiger charge is -2.11. The molecule has 0 unspecified atom stereocenters. The summed E-state index contributed by atoms with van der Waals surface area (Å²) in [6.45, 7) is -0.172. The van der Waals surface area contributed by atoms with Crippen molar-refractivity contribution in [1.82, 2.24) is 14.3 Å². The predicted octanol–water partition coefficient (Wildman–Crippen LogP) is 2.46. The quantitative estimate of drug-likeness (QED) is 0.710. The van der Waals surface area contributed by atoms with E-state index in [-0.39, 0.29) is 18.6 Å². The molecule has 0 saturated carbocycles. The second-order valence-electron chi connectivity index (χ2n) is 5.30. The van der Waals surface area contributed by atoms with Gasteiger partial charge in [0.25, 0.3) is 5.56 Å². The first kappa shape index (κ1) is 18.5. The smallest absolute Gasteiger partial charge is 0.297 e. The second-order valence-corrected chi connectivity index (χ2v) is 7.98. The molecule has 0 saturated heterocycles. The highest BCUT2D eigenvalue weighted by molar-refractivity contribution is 7.89. The SMILES string of the molecule is O=c1c2sccc2ncn1CCNS(=O)(=O)c1cccc(C(F)(F)F)c1. The van der Waals surface area contributed by atoms with Gasteiger partial charge in [0.2, 0.25) is 10.0 Å². The number of hydrogen-bond acceptors (Lipinski definition) is 5. The standard InChI is InChI=1S/C15H12F3N3O3S2/c16-15(17,18)10-2-1-3-11(8-10)26(23,24)20-5-6-21-9-19-12-4-7-25-13(12)14(21)22/h1-4,7-9,20H,5-6H2. The molecule has 0 bridgehead atoms. The molecule has 3 aromatic rings. The van der Waals surface area contributed by atoms with Gasteiger partial charge in [-0.15, -0.1) is 11.3 Å². The van der Waals surface area contributed by atoms with Crippen LogP contribution in [0.15, 0.2) is 51.7 Å². The Hall–Kier alpha value is -2.24. The first-order valence-corrected chi connectivity index (χ1v) is 9.64. The molecule has 0 spiro atoms. The first-order valence-electron chi connectivity index (χ1n) is 7.28. The van der Waals surface area contributed by atoms with Crippen LogP contribution in [0.2, 0.25) is 0 Å². The van der Waals surface area contributed by atoms with Crippen LogP contribution < -0.4 is 10.3 Å². The fourth-order valence-corrected chi connectivity index (χ4v) is 4.12. The van der Waals surface area contributed by atoms with Gasteiger partial charge < -0.3 is 0 Å². The molecule has 3 rings (SSSR count). The fraction of sp³-hybridized carbons (Fsp3) is 0.200. The summed E-state index contributed by atoms with van der Waals surface area (Å²) in [5.74, 6) is 0. The maximum Gasteiger partial charge on any atom is 0.416 e. The number of benzene rings is 1. The monoisotopic (exact) mass is 403 g/mol. The normalized spacial score (nSPS) is 12.6. The number of thiophene rings is 1. The van der Waals surface area contributed by atoms with E-state index in [1.165, 1.54) is 22.2 Å². The van der Waals surface area contributed by atoms with Crippen LogP contribution in [-0.2, 0) is 22.7 Å². The van der Waals surface area contributed by atoms with E-state index in [0.29, 0.717) is 16.3 Å². The van der Waals surface area contributed by atoms with Crippen molar-refractivity contribution in [3.63, 3.8) is 0 Å². The van der Waals surface area contributed by atoms with Crippen LogP contribution in [-0.4, -0.2) is 24.5 Å². The lowest BCUT2D eigenvalue weighted by atomic mass is 10.2. The maximum atomic E-state index is 12.7. The minimum Gasteiger partial charge on any atom is -0.297 e. The van der Waals surface area contributed by atoms with Gasteiger partial charge in [0.1, 0.15) is 4.70 Å². The number of rotatable bonds is 5. The Morgan fingerprint density at radius 1 is 1.23 bits per heavy atom. The van der Waals surface area contributed by atoms with Crippen molar-refractivity contribution < 1.29 is 21.6 Å². The summed E-state index contributed by atoms with van der Waals surface area (Å²) < 4.78 is 66.4. The number of nitrogens with one attached hydrogen (secondary N) is 1. The van der Waals surface area contributed by atoms with Crippen LogP contribution in [0.3, 0.4) is 0 Å². The van der Waals surface area contributed by atoms with E-state index < -0.39 is 26.7 Å². The lowest BCUT2D eigenvalue weighted by molar-refractivity contribution is -0.137. The zero-order chi connectivity index (χ0) is 18.9. The molecule has 1 N–H and O–H groups in total. The van der Waals surface area contributed by atoms with Crippen LogP contribution >= 0.6 is 11.3 Å². The van der Waals surface area contributed by atoms with Gasteiger partial charge in [-0.05, 0) is 29.6 Å². The van der Waals surface area contributed by atoms with Gasteiger partial charge >= 0.3 is 6.18 Å². The molecule has 0 amide bonds. The van der Waals surface area contributed by atoms with Crippen molar-refractivity contribution in [1.29, 1.82) is 0 Å². The highest BCUT2D eigenvalue weighted by Gasteiger charge is 2.31. The number of hydrogen-bond donors (Lipinski definition) is 1. The topological polar surface area (TPSA) is 81.1 Å². The zero-order valence-electron chi connectivity index (χ0n) is 13.0. The van der Waals surface area contributed by atoms with Crippen molar-refractivity contribution >= 4 is 31.6 Å². The maximum absolute atomic E-state index is 12.7. The summed E-state index contributed by atoms with van der Waals surface area (Å²) in [7, 11) is -4.14. The van der Waals surface area contributed by atoms with E-state index in [0.717, 1.165) is 18.2 Å². The summed E-state index contributed by atoms with van der Waals surface area (Å²) >= 11 is 1.23. The molecule has 11 heteroatoms. The molecule has 0 radical (unpaired) electrons. The summed E-state index contributed by atoms with van der Waals surface area (Å²) in [5, 5.41) is 1.72. The number of fused-ring (bicyclic) bond motifs is 1. The fourth-order valence-electron chi connectivity index (χ4n) is 2.26. The molecule has 0 aliphatic rings. The van der Waals surface area contributed by atoms with Gasteiger partial charge in [0, 0.05) is 13.1 Å². The third kappa shape index (κ3) is 3.79. The summed E-state index contributed by atoms with van der Waals surface area (Å²) in [4.78, 5) is 15.8. The molecule has 0 fully saturated rings. The molecule has 0 aliphatic carbocycles. The third-order valence-corrected chi connectivity index (χ3v) is 5.90. The van der Waals surface area contributed by atoms with Gasteiger partial charge in [-0.2, -0.15) is 13.2 Å². The number of alkyl halides is 3. The van der Waals surface area contributed by atoms with E-state index in [4.69, 9.17) is 0 Å². The van der Waals surface area contributed by atoms with Gasteiger partial charge in [-0.3, -0.25) is 9.36 Å². The van der Waals surface area contributed by atoms with Crippen molar-refractivity contribution in [2.24, 2.45) is 0 Å². The number of nitrogens with zero attached hydrogens (tertiary/aromatic N) is 2. The first-order chi connectivity index (χ1) is 12.2. The molecule has 26 heavy (non-hydrogen) atoms.